The van der Waals surface area contributed by atoms with Gasteiger partial charge in [-0.05, 0) is 43.9 Å². The largest absolute Gasteiger partial charge is 0.507 e. The normalized spacial score (nSPS) is 21.5. The molecule has 0 fully saturated rings. The van der Waals surface area contributed by atoms with Crippen LogP contribution >= 0.6 is 0 Å². The predicted octanol–water partition coefficient (Wildman–Crippen LogP) is 8.30. The summed E-state index contributed by atoms with van der Waals surface area (Å²) >= 11 is 0. The van der Waals surface area contributed by atoms with E-state index in [1.807, 2.05) is 83.1 Å². The Morgan fingerprint density at radius 3 is 0.536 bits per heavy atom. The quantitative estimate of drug-likeness (QED) is 0.119. The molecular weight excluding hydrogens is 785 g/mol. The van der Waals surface area contributed by atoms with Crippen molar-refractivity contribution >= 4 is 43.2 Å². The Hall–Kier alpha value is -3.32. The zero-order valence-electron chi connectivity index (χ0n) is 33.9. The molecular formula is C44H48O8S4. The first-order valence-corrected chi connectivity index (χ1v) is 23.6. The molecule has 0 aromatic heterocycles. The van der Waals surface area contributed by atoms with Crippen LogP contribution < -0.4 is 0 Å². The highest BCUT2D eigenvalue weighted by molar-refractivity contribution is 7.87. The minimum absolute atomic E-state index is 0.00554. The molecule has 0 spiro atoms. The van der Waals surface area contributed by atoms with Gasteiger partial charge >= 0.3 is 0 Å². The molecule has 4 heterocycles. The van der Waals surface area contributed by atoms with Crippen molar-refractivity contribution in [1.29, 1.82) is 0 Å². The number of fused-ring (bicyclic) bond motifs is 8. The third-order valence-corrected chi connectivity index (χ3v) is 18.8. The maximum absolute atomic E-state index is 15.7. The number of phenolic OH excluding ortho intramolecular Hbond substituents is 4. The van der Waals surface area contributed by atoms with Crippen LogP contribution in [0, 0.1) is 0 Å². The van der Waals surface area contributed by atoms with Crippen LogP contribution in [-0.2, 0) is 90.5 Å². The Morgan fingerprint density at radius 2 is 0.429 bits per heavy atom. The van der Waals surface area contributed by atoms with Crippen LogP contribution in [-0.4, -0.2) is 37.3 Å². The monoisotopic (exact) mass is 832 g/mol. The van der Waals surface area contributed by atoms with Gasteiger partial charge in [-0.2, -0.15) is 0 Å². The Balaban J connectivity index is 1.60. The summed E-state index contributed by atoms with van der Waals surface area (Å²) in [6.07, 6.45) is 0.0221. The molecule has 4 N–H and O–H groups in total. The SMILES string of the molecule is CC(C)(C)c1c2c3c(O)c4c1S(=O)c1c(c(O)c5c(c1C(C)(C)C)S(=O)c1c(c(O)c6c(c1C(C)(C)C)S(=O)c1c(c(O)c(c(c1C(C)(C)C)S2=O)C3)C6)C5)C4. The van der Waals surface area contributed by atoms with Gasteiger partial charge in [-0.25, -0.2) is 16.8 Å². The number of rotatable bonds is 0. The van der Waals surface area contributed by atoms with Gasteiger partial charge in [-0.15, -0.1) is 0 Å². The second kappa shape index (κ2) is 11.2. The molecule has 0 unspecified atom stereocenters. The molecule has 56 heavy (non-hydrogen) atoms. The van der Waals surface area contributed by atoms with Gasteiger partial charge < -0.3 is 20.4 Å². The lowest BCUT2D eigenvalue weighted by Gasteiger charge is -2.41. The van der Waals surface area contributed by atoms with E-state index in [1.54, 1.807) is 0 Å². The molecule has 0 amide bonds. The Morgan fingerprint density at radius 1 is 0.304 bits per heavy atom. The number of aromatic hydroxyl groups is 4. The molecule has 296 valence electrons. The van der Waals surface area contributed by atoms with Crippen molar-refractivity contribution in [1.82, 2.24) is 0 Å². The minimum atomic E-state index is -2.05. The van der Waals surface area contributed by atoms with Gasteiger partial charge in [0.15, 0.2) is 0 Å². The lowest BCUT2D eigenvalue weighted by Crippen LogP contribution is -2.33. The van der Waals surface area contributed by atoms with E-state index in [-0.39, 0.29) is 48.7 Å². The molecule has 0 aliphatic carbocycles. The van der Waals surface area contributed by atoms with Crippen LogP contribution in [0.2, 0.25) is 0 Å². The molecule has 8 nitrogen and oxygen atoms in total. The van der Waals surface area contributed by atoms with E-state index in [4.69, 9.17) is 0 Å². The predicted molar refractivity (Wildman–Crippen MR) is 217 cm³/mol. The second-order valence-corrected chi connectivity index (χ2v) is 25.6. The van der Waals surface area contributed by atoms with Crippen LogP contribution in [0.3, 0.4) is 0 Å². The van der Waals surface area contributed by atoms with Crippen LogP contribution in [0.5, 0.6) is 23.0 Å². The van der Waals surface area contributed by atoms with Crippen molar-refractivity contribution < 1.29 is 37.3 Å². The van der Waals surface area contributed by atoms with Gasteiger partial charge in [0.05, 0.1) is 82.4 Å². The van der Waals surface area contributed by atoms with Crippen molar-refractivity contribution in [2.45, 2.75) is 170 Å². The van der Waals surface area contributed by atoms with Crippen LogP contribution in [0.25, 0.3) is 0 Å². The summed E-state index contributed by atoms with van der Waals surface area (Å²) in [5, 5.41) is 49.6. The highest BCUT2D eigenvalue weighted by atomic mass is 32.2. The van der Waals surface area contributed by atoms with Crippen molar-refractivity contribution in [3.63, 3.8) is 0 Å². The lowest BCUT2D eigenvalue weighted by molar-refractivity contribution is 0.430. The summed E-state index contributed by atoms with van der Waals surface area (Å²) < 4.78 is 62.9. The van der Waals surface area contributed by atoms with E-state index in [0.29, 0.717) is 106 Å². The molecule has 4 aliphatic rings. The molecule has 0 radical (unpaired) electrons. The van der Waals surface area contributed by atoms with Gasteiger partial charge in [0.1, 0.15) is 23.0 Å². The molecule has 8 rings (SSSR count). The summed E-state index contributed by atoms with van der Waals surface area (Å²) in [6.45, 7) is 23.5. The fourth-order valence-electron chi connectivity index (χ4n) is 10.00. The third kappa shape index (κ3) is 4.61. The zero-order chi connectivity index (χ0) is 41.0. The van der Waals surface area contributed by atoms with Crippen LogP contribution in [0.15, 0.2) is 39.2 Å². The van der Waals surface area contributed by atoms with E-state index >= 15 is 16.8 Å². The zero-order valence-corrected chi connectivity index (χ0v) is 37.1. The van der Waals surface area contributed by atoms with Gasteiger partial charge in [0, 0.05) is 70.2 Å². The average Bonchev–Trinajstić information content (AvgIpc) is 3.05. The van der Waals surface area contributed by atoms with Gasteiger partial charge in [0.2, 0.25) is 0 Å². The highest BCUT2D eigenvalue weighted by Crippen LogP contribution is 2.61. The van der Waals surface area contributed by atoms with Gasteiger partial charge in [-0.1, -0.05) is 83.1 Å². The maximum Gasteiger partial charge on any atom is 0.125 e. The number of hydrogen-bond acceptors (Lipinski definition) is 8. The molecule has 12 heteroatoms. The first-order valence-electron chi connectivity index (χ1n) is 19.0. The molecule has 4 aliphatic heterocycles. The topological polar surface area (TPSA) is 149 Å². The van der Waals surface area contributed by atoms with Crippen molar-refractivity contribution in [3.8, 4) is 23.0 Å². The smallest absolute Gasteiger partial charge is 0.125 e. The number of benzene rings is 4. The van der Waals surface area contributed by atoms with E-state index in [1.165, 1.54) is 0 Å². The Kier molecular flexibility index (Phi) is 7.67. The van der Waals surface area contributed by atoms with E-state index < -0.39 is 64.9 Å². The van der Waals surface area contributed by atoms with E-state index in [0.717, 1.165) is 0 Å². The average molecular weight is 833 g/mol. The molecule has 0 saturated heterocycles. The van der Waals surface area contributed by atoms with Gasteiger partial charge in [0.25, 0.3) is 0 Å². The fourth-order valence-corrected chi connectivity index (χ4v) is 19.0. The summed E-state index contributed by atoms with van der Waals surface area (Å²) in [5.74, 6) is -0.699. The van der Waals surface area contributed by atoms with Crippen molar-refractivity contribution in [2.75, 3.05) is 0 Å². The number of hydrogen-bond donors (Lipinski definition) is 4. The van der Waals surface area contributed by atoms with E-state index in [9.17, 15) is 20.4 Å². The molecule has 0 atom stereocenters. The number of phenols is 4. The van der Waals surface area contributed by atoms with Crippen molar-refractivity contribution in [2.24, 2.45) is 0 Å². The lowest BCUT2D eigenvalue weighted by atomic mass is 9.78. The fraction of sp³-hybridized carbons (Fsp3) is 0.455. The minimum Gasteiger partial charge on any atom is -0.507 e. The highest BCUT2D eigenvalue weighted by Gasteiger charge is 2.50. The summed E-state index contributed by atoms with van der Waals surface area (Å²) in [4.78, 5) is 2.67. The Labute approximate surface area is 338 Å². The standard InChI is InChI=1S/C44H48O8S4/c1-41(2,3)25-33-17-13-19-30(46)21-15-23-32(48)24-16-22-31(47)20-14-18(29(17)45)34(25)54(50)36(20)27(43(7,8)9)38(22)56(52)40(24)28(44(10,11)12)39(23)55(51)37(21)26(42(4,5)6)35(19)53(33)49/h45-48H,13-16H2,1-12H3. The molecule has 4 aromatic rings. The first-order chi connectivity index (χ1) is 25.7. The summed E-state index contributed by atoms with van der Waals surface area (Å²) in [5.41, 5.74) is 2.11. The second-order valence-electron chi connectivity index (χ2n) is 20.1. The third-order valence-electron chi connectivity index (χ3n) is 12.2. The molecule has 0 saturated carbocycles. The van der Waals surface area contributed by atoms with Gasteiger partial charge in [-0.3, -0.25) is 0 Å². The van der Waals surface area contributed by atoms with Crippen LogP contribution in [0.1, 0.15) is 150 Å². The molecule has 0 bridgehead atoms. The van der Waals surface area contributed by atoms with Crippen molar-refractivity contribution in [3.05, 3.63) is 66.8 Å². The summed E-state index contributed by atoms with van der Waals surface area (Å²) in [6, 6.07) is 0. The van der Waals surface area contributed by atoms with E-state index in [2.05, 4.69) is 0 Å². The first kappa shape index (κ1) is 38.2. The molecule has 4 aromatic carbocycles. The van der Waals surface area contributed by atoms with Crippen LogP contribution in [0.4, 0.5) is 0 Å². The summed E-state index contributed by atoms with van der Waals surface area (Å²) in [7, 11) is -8.21. The Bertz CT molecular complexity index is 2220. The maximum atomic E-state index is 15.7.